The normalized spacial score (nSPS) is 27.8. The minimum absolute atomic E-state index is 0.164. The Morgan fingerprint density at radius 2 is 2.21 bits per heavy atom. The second-order valence-corrected chi connectivity index (χ2v) is 5.92. The van der Waals surface area contributed by atoms with Crippen LogP contribution in [0.3, 0.4) is 0 Å². The fourth-order valence-electron chi connectivity index (χ4n) is 3.45. The average Bonchev–Trinajstić information content (AvgIpc) is 2.85. The number of rotatable bonds is 5. The lowest BCUT2D eigenvalue weighted by atomic mass is 10.0. The summed E-state index contributed by atoms with van der Waals surface area (Å²) < 4.78 is 4.96. The van der Waals surface area contributed by atoms with Gasteiger partial charge in [0, 0.05) is 32.2 Å². The van der Waals surface area contributed by atoms with Crippen LogP contribution in [-0.4, -0.2) is 73.7 Å². The van der Waals surface area contributed by atoms with Gasteiger partial charge in [-0.1, -0.05) is 6.92 Å². The predicted molar refractivity (Wildman–Crippen MR) is 75.1 cm³/mol. The third-order valence-corrected chi connectivity index (χ3v) is 4.41. The maximum absolute atomic E-state index is 12.0. The van der Waals surface area contributed by atoms with Crippen molar-refractivity contribution in [2.75, 3.05) is 46.4 Å². The van der Waals surface area contributed by atoms with E-state index >= 15 is 0 Å². The molecule has 0 aromatic rings. The first-order valence-electron chi connectivity index (χ1n) is 7.39. The fraction of sp³-hybridized carbons (Fsp3) is 0.929. The molecule has 2 aliphatic heterocycles. The molecule has 2 rings (SSSR count). The van der Waals surface area contributed by atoms with Crippen molar-refractivity contribution in [3.63, 3.8) is 0 Å². The SMILES string of the molecule is CCNC(C)(CN1CCN2CCCC2C1)C(=O)OC. The van der Waals surface area contributed by atoms with Crippen LogP contribution in [0.25, 0.3) is 0 Å². The van der Waals surface area contributed by atoms with Gasteiger partial charge in [0.15, 0.2) is 0 Å². The first-order valence-corrected chi connectivity index (χ1v) is 7.39. The number of fused-ring (bicyclic) bond motifs is 1. The molecule has 110 valence electrons. The Kier molecular flexibility index (Phi) is 4.81. The summed E-state index contributed by atoms with van der Waals surface area (Å²) >= 11 is 0. The molecule has 0 spiro atoms. The third-order valence-electron chi connectivity index (χ3n) is 4.41. The highest BCUT2D eigenvalue weighted by Crippen LogP contribution is 2.22. The van der Waals surface area contributed by atoms with E-state index in [4.69, 9.17) is 4.74 Å². The van der Waals surface area contributed by atoms with Gasteiger partial charge >= 0.3 is 5.97 Å². The van der Waals surface area contributed by atoms with Gasteiger partial charge in [0.1, 0.15) is 5.54 Å². The number of esters is 1. The molecule has 0 radical (unpaired) electrons. The lowest BCUT2D eigenvalue weighted by molar-refractivity contribution is -0.149. The Morgan fingerprint density at radius 3 is 2.89 bits per heavy atom. The van der Waals surface area contributed by atoms with Crippen molar-refractivity contribution < 1.29 is 9.53 Å². The number of hydrogen-bond acceptors (Lipinski definition) is 5. The van der Waals surface area contributed by atoms with Gasteiger partial charge in [-0.3, -0.25) is 14.6 Å². The Hall–Kier alpha value is -0.650. The first kappa shape index (κ1) is 14.8. The van der Waals surface area contributed by atoms with Crippen LogP contribution in [0.15, 0.2) is 0 Å². The summed E-state index contributed by atoms with van der Waals surface area (Å²) in [6.07, 6.45) is 2.62. The quantitative estimate of drug-likeness (QED) is 0.728. The molecule has 0 bridgehead atoms. The Balaban J connectivity index is 1.95. The molecular formula is C14H27N3O2. The second-order valence-electron chi connectivity index (χ2n) is 5.92. The molecule has 2 heterocycles. The molecule has 0 saturated carbocycles. The Morgan fingerprint density at radius 1 is 1.42 bits per heavy atom. The van der Waals surface area contributed by atoms with E-state index in [9.17, 15) is 4.79 Å². The maximum Gasteiger partial charge on any atom is 0.327 e. The van der Waals surface area contributed by atoms with Crippen LogP contribution in [0.5, 0.6) is 0 Å². The highest BCUT2D eigenvalue weighted by atomic mass is 16.5. The van der Waals surface area contributed by atoms with E-state index in [1.807, 2.05) is 13.8 Å². The summed E-state index contributed by atoms with van der Waals surface area (Å²) in [5.41, 5.74) is -0.593. The molecule has 2 unspecified atom stereocenters. The molecule has 19 heavy (non-hydrogen) atoms. The molecule has 2 fully saturated rings. The van der Waals surface area contributed by atoms with Gasteiger partial charge in [-0.25, -0.2) is 0 Å². The zero-order chi connectivity index (χ0) is 13.9. The lowest BCUT2D eigenvalue weighted by Gasteiger charge is -2.41. The summed E-state index contributed by atoms with van der Waals surface area (Å²) in [7, 11) is 1.47. The molecule has 0 amide bonds. The number of likely N-dealkylation sites (N-methyl/N-ethyl adjacent to an activating group) is 1. The number of hydrogen-bond donors (Lipinski definition) is 1. The van der Waals surface area contributed by atoms with Crippen LogP contribution < -0.4 is 5.32 Å². The molecular weight excluding hydrogens is 242 g/mol. The molecule has 2 saturated heterocycles. The highest BCUT2D eigenvalue weighted by molar-refractivity contribution is 5.80. The standard InChI is InChI=1S/C14H27N3O2/c1-4-15-14(2,13(18)19-3)11-16-8-9-17-7-5-6-12(17)10-16/h12,15H,4-11H2,1-3H3. The topological polar surface area (TPSA) is 44.8 Å². The zero-order valence-corrected chi connectivity index (χ0v) is 12.4. The summed E-state index contributed by atoms with van der Waals surface area (Å²) in [6, 6.07) is 0.692. The third kappa shape index (κ3) is 3.27. The molecule has 1 N–H and O–H groups in total. The van der Waals surface area contributed by atoms with E-state index in [0.717, 1.165) is 32.7 Å². The van der Waals surface area contributed by atoms with Crippen LogP contribution >= 0.6 is 0 Å². The van der Waals surface area contributed by atoms with Crippen LogP contribution in [0.1, 0.15) is 26.7 Å². The number of methoxy groups -OCH3 is 1. The minimum Gasteiger partial charge on any atom is -0.468 e. The molecule has 0 aromatic heterocycles. The molecule has 2 atom stereocenters. The van der Waals surface area contributed by atoms with Gasteiger partial charge < -0.3 is 10.1 Å². The van der Waals surface area contributed by atoms with Gasteiger partial charge in [0.2, 0.25) is 0 Å². The monoisotopic (exact) mass is 269 g/mol. The van der Waals surface area contributed by atoms with Crippen LogP contribution in [0.4, 0.5) is 0 Å². The molecule has 0 aliphatic carbocycles. The number of carbonyl (C=O) groups excluding carboxylic acids is 1. The highest BCUT2D eigenvalue weighted by Gasteiger charge is 2.38. The first-order chi connectivity index (χ1) is 9.09. The number of carbonyl (C=O) groups is 1. The van der Waals surface area contributed by atoms with Gasteiger partial charge in [0.05, 0.1) is 7.11 Å². The Labute approximate surface area is 116 Å². The Bertz CT molecular complexity index is 324. The maximum atomic E-state index is 12.0. The zero-order valence-electron chi connectivity index (χ0n) is 12.4. The van der Waals surface area contributed by atoms with Gasteiger partial charge in [-0.15, -0.1) is 0 Å². The van der Waals surface area contributed by atoms with Crippen molar-refractivity contribution in [3.05, 3.63) is 0 Å². The van der Waals surface area contributed by atoms with E-state index in [1.165, 1.54) is 26.5 Å². The lowest BCUT2D eigenvalue weighted by Crippen LogP contribution is -2.61. The van der Waals surface area contributed by atoms with Crippen LogP contribution in [0, 0.1) is 0 Å². The van der Waals surface area contributed by atoms with Crippen molar-refractivity contribution in [1.29, 1.82) is 0 Å². The van der Waals surface area contributed by atoms with E-state index < -0.39 is 5.54 Å². The summed E-state index contributed by atoms with van der Waals surface area (Å²) in [4.78, 5) is 17.0. The smallest absolute Gasteiger partial charge is 0.327 e. The number of nitrogens with zero attached hydrogens (tertiary/aromatic N) is 2. The van der Waals surface area contributed by atoms with Crippen molar-refractivity contribution in [1.82, 2.24) is 15.1 Å². The van der Waals surface area contributed by atoms with Crippen molar-refractivity contribution >= 4 is 5.97 Å². The van der Waals surface area contributed by atoms with Gasteiger partial charge in [-0.05, 0) is 32.9 Å². The number of ether oxygens (including phenoxy) is 1. The number of piperazine rings is 1. The molecule has 2 aliphatic rings. The minimum atomic E-state index is -0.593. The average molecular weight is 269 g/mol. The summed E-state index contributed by atoms with van der Waals surface area (Å²) in [5.74, 6) is -0.164. The van der Waals surface area contributed by atoms with E-state index in [-0.39, 0.29) is 5.97 Å². The van der Waals surface area contributed by atoms with Crippen molar-refractivity contribution in [2.45, 2.75) is 38.3 Å². The van der Waals surface area contributed by atoms with Crippen LogP contribution in [0.2, 0.25) is 0 Å². The van der Waals surface area contributed by atoms with E-state index in [1.54, 1.807) is 0 Å². The van der Waals surface area contributed by atoms with E-state index in [0.29, 0.717) is 6.04 Å². The summed E-state index contributed by atoms with van der Waals surface area (Å²) in [5, 5.41) is 3.29. The predicted octanol–water partition coefficient (Wildman–Crippen LogP) is 0.308. The molecule has 0 aromatic carbocycles. The largest absolute Gasteiger partial charge is 0.468 e. The molecule has 5 heteroatoms. The summed E-state index contributed by atoms with van der Waals surface area (Å²) in [6.45, 7) is 9.99. The van der Waals surface area contributed by atoms with Crippen molar-refractivity contribution in [3.8, 4) is 0 Å². The van der Waals surface area contributed by atoms with Crippen molar-refractivity contribution in [2.24, 2.45) is 0 Å². The number of nitrogens with one attached hydrogen (secondary N) is 1. The van der Waals surface area contributed by atoms with E-state index in [2.05, 4.69) is 15.1 Å². The van der Waals surface area contributed by atoms with Gasteiger partial charge in [-0.2, -0.15) is 0 Å². The fourth-order valence-corrected chi connectivity index (χ4v) is 3.45. The molecule has 5 nitrogen and oxygen atoms in total. The van der Waals surface area contributed by atoms with Gasteiger partial charge in [0.25, 0.3) is 0 Å². The second kappa shape index (κ2) is 6.20. The van der Waals surface area contributed by atoms with Crippen LogP contribution in [-0.2, 0) is 9.53 Å².